The van der Waals surface area contributed by atoms with Crippen molar-refractivity contribution in [1.82, 2.24) is 15.5 Å². The molecule has 2 heterocycles. The molecule has 6 heteroatoms. The van der Waals surface area contributed by atoms with Crippen molar-refractivity contribution in [2.24, 2.45) is 0 Å². The van der Waals surface area contributed by atoms with E-state index in [0.29, 0.717) is 26.2 Å². The van der Waals surface area contributed by atoms with Crippen molar-refractivity contribution in [3.63, 3.8) is 0 Å². The average molecular weight is 241 g/mol. The maximum absolute atomic E-state index is 11.7. The second-order valence-electron chi connectivity index (χ2n) is 5.77. The summed E-state index contributed by atoms with van der Waals surface area (Å²) in [6.45, 7) is 7.60. The van der Waals surface area contributed by atoms with Crippen LogP contribution in [0.25, 0.3) is 0 Å². The number of ether oxygens (including phenoxy) is 1. The molecule has 2 fully saturated rings. The first-order chi connectivity index (χ1) is 7.80. The third-order valence-corrected chi connectivity index (χ3v) is 2.79. The largest absolute Gasteiger partial charge is 0.444 e. The van der Waals surface area contributed by atoms with Gasteiger partial charge in [0, 0.05) is 6.54 Å². The fraction of sp³-hybridized carbons (Fsp3) is 0.818. The molecule has 0 bridgehead atoms. The number of hydrogen-bond acceptors (Lipinski definition) is 4. The summed E-state index contributed by atoms with van der Waals surface area (Å²) in [4.78, 5) is 24.6. The zero-order chi connectivity index (χ0) is 12.7. The summed E-state index contributed by atoms with van der Waals surface area (Å²) >= 11 is 0. The Hall–Kier alpha value is -1.30. The first kappa shape index (κ1) is 12.2. The SMILES string of the molecule is CC(C)(C)OC(=O)N1CC2(CNCC(=O)N2)C1. The van der Waals surface area contributed by atoms with E-state index in [1.807, 2.05) is 20.8 Å². The third-order valence-electron chi connectivity index (χ3n) is 2.79. The lowest BCUT2D eigenvalue weighted by Gasteiger charge is -2.51. The summed E-state index contributed by atoms with van der Waals surface area (Å²) in [6.07, 6.45) is -0.317. The van der Waals surface area contributed by atoms with Crippen molar-refractivity contribution in [3.05, 3.63) is 0 Å². The molecule has 0 aliphatic carbocycles. The molecular formula is C11H19N3O3. The first-order valence-electron chi connectivity index (χ1n) is 5.79. The number of carbonyl (C=O) groups is 2. The van der Waals surface area contributed by atoms with Crippen LogP contribution in [-0.2, 0) is 9.53 Å². The molecule has 0 saturated carbocycles. The number of nitrogens with one attached hydrogen (secondary N) is 2. The molecule has 6 nitrogen and oxygen atoms in total. The molecule has 0 aromatic heterocycles. The Morgan fingerprint density at radius 3 is 2.59 bits per heavy atom. The summed E-state index contributed by atoms with van der Waals surface area (Å²) in [7, 11) is 0. The van der Waals surface area contributed by atoms with Gasteiger partial charge in [0.15, 0.2) is 0 Å². The van der Waals surface area contributed by atoms with Crippen LogP contribution in [0.15, 0.2) is 0 Å². The summed E-state index contributed by atoms with van der Waals surface area (Å²) in [6, 6.07) is 0. The Morgan fingerprint density at radius 2 is 2.06 bits per heavy atom. The summed E-state index contributed by atoms with van der Waals surface area (Å²) in [5, 5.41) is 5.97. The van der Waals surface area contributed by atoms with Gasteiger partial charge in [0.2, 0.25) is 5.91 Å². The molecule has 2 aliphatic heterocycles. The van der Waals surface area contributed by atoms with E-state index in [0.717, 1.165) is 0 Å². The summed E-state index contributed by atoms with van der Waals surface area (Å²) in [5.74, 6) is -0.0138. The molecule has 1 spiro atoms. The van der Waals surface area contributed by atoms with Gasteiger partial charge in [0.05, 0.1) is 25.2 Å². The van der Waals surface area contributed by atoms with E-state index in [4.69, 9.17) is 4.74 Å². The second kappa shape index (κ2) is 3.87. The van der Waals surface area contributed by atoms with E-state index in [1.54, 1.807) is 4.90 Å². The van der Waals surface area contributed by atoms with Crippen LogP contribution >= 0.6 is 0 Å². The molecule has 0 aromatic rings. The monoisotopic (exact) mass is 241 g/mol. The van der Waals surface area contributed by atoms with Crippen LogP contribution in [0.3, 0.4) is 0 Å². The zero-order valence-electron chi connectivity index (χ0n) is 10.5. The number of rotatable bonds is 0. The van der Waals surface area contributed by atoms with Gasteiger partial charge in [-0.2, -0.15) is 0 Å². The van der Waals surface area contributed by atoms with Gasteiger partial charge >= 0.3 is 6.09 Å². The van der Waals surface area contributed by atoms with Crippen molar-refractivity contribution in [2.75, 3.05) is 26.2 Å². The minimum absolute atomic E-state index is 0.0138. The van der Waals surface area contributed by atoms with Gasteiger partial charge in [-0.25, -0.2) is 4.79 Å². The highest BCUT2D eigenvalue weighted by Gasteiger charge is 2.48. The van der Waals surface area contributed by atoms with Gasteiger partial charge in [0.1, 0.15) is 5.60 Å². The molecule has 96 valence electrons. The second-order valence-corrected chi connectivity index (χ2v) is 5.77. The normalized spacial score (nSPS) is 23.0. The van der Waals surface area contributed by atoms with Gasteiger partial charge in [-0.05, 0) is 20.8 Å². The number of piperazine rings is 1. The molecule has 2 N–H and O–H groups in total. The predicted molar refractivity (Wildman–Crippen MR) is 61.6 cm³/mol. The van der Waals surface area contributed by atoms with Gasteiger partial charge in [-0.15, -0.1) is 0 Å². The topological polar surface area (TPSA) is 70.7 Å². The zero-order valence-corrected chi connectivity index (χ0v) is 10.5. The summed E-state index contributed by atoms with van der Waals surface area (Å²) < 4.78 is 5.26. The van der Waals surface area contributed by atoms with Crippen molar-refractivity contribution in [1.29, 1.82) is 0 Å². The van der Waals surface area contributed by atoms with Crippen LogP contribution < -0.4 is 10.6 Å². The Morgan fingerprint density at radius 1 is 1.41 bits per heavy atom. The van der Waals surface area contributed by atoms with Crippen molar-refractivity contribution < 1.29 is 14.3 Å². The summed E-state index contributed by atoms with van der Waals surface area (Å²) in [5.41, 5.74) is -0.764. The smallest absolute Gasteiger partial charge is 0.410 e. The first-order valence-corrected chi connectivity index (χ1v) is 5.79. The quantitative estimate of drug-likeness (QED) is 0.610. The van der Waals surface area contributed by atoms with Gasteiger partial charge in [0.25, 0.3) is 0 Å². The molecule has 0 atom stereocenters. The lowest BCUT2D eigenvalue weighted by molar-refractivity contribution is -0.127. The predicted octanol–water partition coefficient (Wildman–Crippen LogP) is -0.305. The number of nitrogens with zero attached hydrogens (tertiary/aromatic N) is 1. The van der Waals surface area contributed by atoms with E-state index < -0.39 is 5.60 Å². The average Bonchev–Trinajstić information content (AvgIpc) is 2.10. The molecule has 0 unspecified atom stereocenters. The number of carbonyl (C=O) groups excluding carboxylic acids is 2. The molecule has 2 amide bonds. The Labute approximate surface area is 101 Å². The number of likely N-dealkylation sites (tertiary alicyclic amines) is 1. The highest BCUT2D eigenvalue weighted by atomic mass is 16.6. The fourth-order valence-electron chi connectivity index (χ4n) is 2.13. The lowest BCUT2D eigenvalue weighted by Crippen LogP contribution is -2.77. The molecule has 0 aromatic carbocycles. The molecular weight excluding hydrogens is 222 g/mol. The van der Waals surface area contributed by atoms with E-state index in [2.05, 4.69) is 10.6 Å². The lowest BCUT2D eigenvalue weighted by atomic mass is 9.88. The van der Waals surface area contributed by atoms with Gasteiger partial charge in [-0.3, -0.25) is 4.79 Å². The fourth-order valence-corrected chi connectivity index (χ4v) is 2.13. The van der Waals surface area contributed by atoms with E-state index in [1.165, 1.54) is 0 Å². The van der Waals surface area contributed by atoms with Crippen LogP contribution in [0.1, 0.15) is 20.8 Å². The Balaban J connectivity index is 1.85. The van der Waals surface area contributed by atoms with Crippen molar-refractivity contribution in [2.45, 2.75) is 31.9 Å². The van der Waals surface area contributed by atoms with Crippen LogP contribution in [0.5, 0.6) is 0 Å². The molecule has 0 radical (unpaired) electrons. The van der Waals surface area contributed by atoms with E-state index >= 15 is 0 Å². The Kier molecular flexibility index (Phi) is 2.77. The van der Waals surface area contributed by atoms with E-state index in [9.17, 15) is 9.59 Å². The van der Waals surface area contributed by atoms with Crippen molar-refractivity contribution >= 4 is 12.0 Å². The van der Waals surface area contributed by atoms with Crippen LogP contribution in [0.2, 0.25) is 0 Å². The van der Waals surface area contributed by atoms with Gasteiger partial charge in [-0.1, -0.05) is 0 Å². The standard InChI is InChI=1S/C11H19N3O3/c1-10(2,3)17-9(16)14-6-11(7-14)5-12-4-8(15)13-11/h12H,4-7H2,1-3H3,(H,13,15). The minimum atomic E-state index is -0.478. The van der Waals surface area contributed by atoms with Crippen LogP contribution in [-0.4, -0.2) is 54.2 Å². The molecule has 2 rings (SSSR count). The maximum atomic E-state index is 11.7. The number of amides is 2. The highest BCUT2D eigenvalue weighted by molar-refractivity contribution is 5.81. The van der Waals surface area contributed by atoms with Crippen LogP contribution in [0, 0.1) is 0 Å². The van der Waals surface area contributed by atoms with Crippen molar-refractivity contribution in [3.8, 4) is 0 Å². The molecule has 17 heavy (non-hydrogen) atoms. The number of hydrogen-bond donors (Lipinski definition) is 2. The van der Waals surface area contributed by atoms with E-state index in [-0.39, 0.29) is 17.5 Å². The molecule has 2 saturated heterocycles. The third kappa shape index (κ3) is 2.69. The van der Waals surface area contributed by atoms with Gasteiger partial charge < -0.3 is 20.3 Å². The van der Waals surface area contributed by atoms with Crippen LogP contribution in [0.4, 0.5) is 4.79 Å². The Bertz CT molecular complexity index is 342. The molecule has 2 aliphatic rings. The minimum Gasteiger partial charge on any atom is -0.444 e. The highest BCUT2D eigenvalue weighted by Crippen LogP contribution is 2.24. The maximum Gasteiger partial charge on any atom is 0.410 e.